The smallest absolute Gasteiger partial charge is 0.229 e. The number of carbonyl (C=O) groups is 1. The lowest BCUT2D eigenvalue weighted by molar-refractivity contribution is -0.118. The van der Waals surface area contributed by atoms with Gasteiger partial charge < -0.3 is 0 Å². The van der Waals surface area contributed by atoms with Gasteiger partial charge in [0.25, 0.3) is 0 Å². The summed E-state index contributed by atoms with van der Waals surface area (Å²) >= 11 is 1.80. The Hall–Kier alpha value is -1.81. The van der Waals surface area contributed by atoms with E-state index in [9.17, 15) is 4.79 Å². The van der Waals surface area contributed by atoms with E-state index in [0.717, 1.165) is 17.0 Å². The summed E-state index contributed by atoms with van der Waals surface area (Å²) in [5.74, 6) is 1.05. The van der Waals surface area contributed by atoms with Crippen molar-refractivity contribution in [3.8, 4) is 0 Å². The third-order valence-corrected chi connectivity index (χ3v) is 5.07. The first-order valence-electron chi connectivity index (χ1n) is 7.07. The maximum Gasteiger partial charge on any atom is 0.229 e. The Labute approximate surface area is 129 Å². The van der Waals surface area contributed by atoms with Gasteiger partial charge in [-0.1, -0.05) is 12.1 Å². The minimum atomic E-state index is 0.0158. The quantitative estimate of drug-likeness (QED) is 0.844. The molecule has 0 aliphatic carbocycles. The third-order valence-electron chi connectivity index (χ3n) is 3.83. The second-order valence-electron chi connectivity index (χ2n) is 5.29. The topological polar surface area (TPSA) is 33.2 Å². The summed E-state index contributed by atoms with van der Waals surface area (Å²) in [6.07, 6.45) is 4.21. The zero-order valence-electron chi connectivity index (χ0n) is 12.2. The Balaban J connectivity index is 2.02. The molecule has 0 saturated carbocycles. The number of aryl methyl sites for hydroxylation is 2. The fourth-order valence-corrected chi connectivity index (χ4v) is 3.74. The van der Waals surface area contributed by atoms with Crippen LogP contribution >= 0.6 is 11.8 Å². The van der Waals surface area contributed by atoms with Crippen molar-refractivity contribution < 1.29 is 4.79 Å². The maximum absolute atomic E-state index is 12.5. The Morgan fingerprint density at radius 3 is 2.81 bits per heavy atom. The molecule has 0 radical (unpaired) electrons. The first kappa shape index (κ1) is 14.1. The Morgan fingerprint density at radius 1 is 1.24 bits per heavy atom. The van der Waals surface area contributed by atoms with Crippen LogP contribution in [0.4, 0.5) is 5.69 Å². The minimum Gasteiger partial charge on any atom is -0.296 e. The summed E-state index contributed by atoms with van der Waals surface area (Å²) in [6.45, 7) is 4.17. The molecular formula is C17H18N2OS. The van der Waals surface area contributed by atoms with Crippen LogP contribution in [0.1, 0.15) is 28.5 Å². The van der Waals surface area contributed by atoms with E-state index in [2.05, 4.69) is 31.0 Å². The summed E-state index contributed by atoms with van der Waals surface area (Å²) in [6, 6.07) is 10.2. The van der Waals surface area contributed by atoms with Crippen molar-refractivity contribution >= 4 is 23.4 Å². The molecule has 4 heteroatoms. The Kier molecular flexibility index (Phi) is 3.97. The molecular weight excluding hydrogens is 280 g/mol. The predicted octanol–water partition coefficient (Wildman–Crippen LogP) is 3.87. The molecule has 2 heterocycles. The van der Waals surface area contributed by atoms with Crippen LogP contribution in [0, 0.1) is 13.8 Å². The average Bonchev–Trinajstić information content (AvgIpc) is 2.51. The number of hydrogen-bond acceptors (Lipinski definition) is 3. The molecule has 1 aliphatic rings. The molecule has 108 valence electrons. The number of pyridine rings is 1. The summed E-state index contributed by atoms with van der Waals surface area (Å²) < 4.78 is 0. The van der Waals surface area contributed by atoms with E-state index in [1.54, 1.807) is 18.0 Å². The summed E-state index contributed by atoms with van der Waals surface area (Å²) in [5, 5.41) is 0.0158. The van der Waals surface area contributed by atoms with Crippen molar-refractivity contribution in [2.75, 3.05) is 10.7 Å². The van der Waals surface area contributed by atoms with Gasteiger partial charge in [0.2, 0.25) is 5.91 Å². The molecule has 1 fully saturated rings. The van der Waals surface area contributed by atoms with Crippen LogP contribution in [0.15, 0.2) is 42.7 Å². The van der Waals surface area contributed by atoms with E-state index >= 15 is 0 Å². The highest BCUT2D eigenvalue weighted by Crippen LogP contribution is 2.40. The second kappa shape index (κ2) is 5.90. The van der Waals surface area contributed by atoms with Gasteiger partial charge in [0.15, 0.2) is 0 Å². The van der Waals surface area contributed by atoms with E-state index in [4.69, 9.17) is 0 Å². The van der Waals surface area contributed by atoms with Crippen molar-refractivity contribution in [3.05, 3.63) is 59.4 Å². The average molecular weight is 298 g/mol. The maximum atomic E-state index is 12.5. The van der Waals surface area contributed by atoms with Crippen molar-refractivity contribution in [3.63, 3.8) is 0 Å². The van der Waals surface area contributed by atoms with Gasteiger partial charge in [-0.3, -0.25) is 14.7 Å². The summed E-state index contributed by atoms with van der Waals surface area (Å²) in [4.78, 5) is 18.6. The van der Waals surface area contributed by atoms with Crippen LogP contribution in [-0.2, 0) is 4.79 Å². The molecule has 1 aliphatic heterocycles. The molecule has 2 aromatic rings. The highest BCUT2D eigenvalue weighted by atomic mass is 32.2. The van der Waals surface area contributed by atoms with Gasteiger partial charge >= 0.3 is 0 Å². The van der Waals surface area contributed by atoms with Crippen molar-refractivity contribution in [1.82, 2.24) is 4.98 Å². The number of amides is 1. The van der Waals surface area contributed by atoms with E-state index in [1.165, 1.54) is 11.1 Å². The normalized spacial score (nSPS) is 18.9. The fraction of sp³-hybridized carbons (Fsp3) is 0.294. The molecule has 1 amide bonds. The molecule has 3 rings (SSSR count). The first-order valence-corrected chi connectivity index (χ1v) is 8.12. The lowest BCUT2D eigenvalue weighted by atomic mass is 10.1. The molecule has 21 heavy (non-hydrogen) atoms. The van der Waals surface area contributed by atoms with E-state index in [1.807, 2.05) is 29.3 Å². The summed E-state index contributed by atoms with van der Waals surface area (Å²) in [5.41, 5.74) is 4.51. The standard InChI is InChI=1S/C17H18N2OS/c1-12-5-6-15(10-13(12)2)19-16(20)7-9-21-17(19)14-4-3-8-18-11-14/h3-6,8,10-11,17H,7,9H2,1-2H3. The summed E-state index contributed by atoms with van der Waals surface area (Å²) in [7, 11) is 0. The van der Waals surface area contributed by atoms with Gasteiger partial charge in [0.1, 0.15) is 5.37 Å². The monoisotopic (exact) mass is 298 g/mol. The predicted molar refractivity (Wildman–Crippen MR) is 87.5 cm³/mol. The number of anilines is 1. The van der Waals surface area contributed by atoms with Crippen LogP contribution < -0.4 is 4.90 Å². The van der Waals surface area contributed by atoms with Crippen LogP contribution in [0.5, 0.6) is 0 Å². The highest BCUT2D eigenvalue weighted by Gasteiger charge is 2.31. The Morgan fingerprint density at radius 2 is 2.10 bits per heavy atom. The van der Waals surface area contributed by atoms with Crippen LogP contribution in [0.25, 0.3) is 0 Å². The number of aromatic nitrogens is 1. The minimum absolute atomic E-state index is 0.0158. The molecule has 0 bridgehead atoms. The molecule has 1 atom stereocenters. The zero-order chi connectivity index (χ0) is 14.8. The molecule has 0 N–H and O–H groups in total. The lowest BCUT2D eigenvalue weighted by Gasteiger charge is -2.35. The molecule has 0 spiro atoms. The molecule has 1 aromatic heterocycles. The fourth-order valence-electron chi connectivity index (χ4n) is 2.51. The van der Waals surface area contributed by atoms with E-state index < -0.39 is 0 Å². The molecule has 1 aromatic carbocycles. The van der Waals surface area contributed by atoms with Gasteiger partial charge in [0, 0.05) is 35.8 Å². The number of carbonyl (C=O) groups excluding carboxylic acids is 1. The van der Waals surface area contributed by atoms with Gasteiger partial charge in [-0.25, -0.2) is 0 Å². The number of benzene rings is 1. The zero-order valence-corrected chi connectivity index (χ0v) is 13.1. The number of thioether (sulfide) groups is 1. The lowest BCUT2D eigenvalue weighted by Crippen LogP contribution is -2.37. The molecule has 1 unspecified atom stereocenters. The largest absolute Gasteiger partial charge is 0.296 e. The first-order chi connectivity index (χ1) is 10.2. The van der Waals surface area contributed by atoms with Crippen LogP contribution in [0.3, 0.4) is 0 Å². The van der Waals surface area contributed by atoms with E-state index in [-0.39, 0.29) is 11.3 Å². The van der Waals surface area contributed by atoms with Crippen molar-refractivity contribution in [2.24, 2.45) is 0 Å². The van der Waals surface area contributed by atoms with Gasteiger partial charge in [-0.15, -0.1) is 11.8 Å². The van der Waals surface area contributed by atoms with Crippen LogP contribution in [-0.4, -0.2) is 16.6 Å². The highest BCUT2D eigenvalue weighted by molar-refractivity contribution is 7.99. The SMILES string of the molecule is Cc1ccc(N2C(=O)CCSC2c2cccnc2)cc1C. The Bertz CT molecular complexity index is 657. The van der Waals surface area contributed by atoms with Crippen LogP contribution in [0.2, 0.25) is 0 Å². The third kappa shape index (κ3) is 2.81. The van der Waals surface area contributed by atoms with Crippen molar-refractivity contribution in [2.45, 2.75) is 25.6 Å². The molecule has 1 saturated heterocycles. The van der Waals surface area contributed by atoms with Gasteiger partial charge in [0.05, 0.1) is 0 Å². The second-order valence-corrected chi connectivity index (χ2v) is 6.48. The number of rotatable bonds is 2. The van der Waals surface area contributed by atoms with Gasteiger partial charge in [-0.2, -0.15) is 0 Å². The van der Waals surface area contributed by atoms with E-state index in [0.29, 0.717) is 6.42 Å². The van der Waals surface area contributed by atoms with Crippen molar-refractivity contribution in [1.29, 1.82) is 0 Å². The number of nitrogens with zero attached hydrogens (tertiary/aromatic N) is 2. The number of hydrogen-bond donors (Lipinski definition) is 0. The molecule has 3 nitrogen and oxygen atoms in total. The van der Waals surface area contributed by atoms with Gasteiger partial charge in [-0.05, 0) is 43.2 Å².